The molecule has 282 valence electrons. The third kappa shape index (κ3) is 5.78. The number of nitrogens with zero attached hydrogens (tertiary/aromatic N) is 2. The molecule has 3 heterocycles. The second-order valence-electron chi connectivity index (χ2n) is 15.1. The van der Waals surface area contributed by atoms with E-state index >= 15 is 0 Å². The number of anilines is 3. The minimum atomic E-state index is 0.601. The summed E-state index contributed by atoms with van der Waals surface area (Å²) in [4.78, 5) is 7.20. The predicted octanol–water partition coefficient (Wildman–Crippen LogP) is 16.2. The molecule has 9 aromatic carbocycles. The number of oxazole rings is 1. The van der Waals surface area contributed by atoms with Gasteiger partial charge in [-0.3, -0.25) is 0 Å². The first kappa shape index (κ1) is 34.3. The molecule has 0 spiro atoms. The highest BCUT2D eigenvalue weighted by Crippen LogP contribution is 2.44. The van der Waals surface area contributed by atoms with Crippen LogP contribution in [0, 0.1) is 0 Å². The van der Waals surface area contributed by atoms with Crippen LogP contribution in [0.4, 0.5) is 17.1 Å². The molecule has 3 aromatic heterocycles. The van der Waals surface area contributed by atoms with Crippen molar-refractivity contribution in [1.82, 2.24) is 4.98 Å². The van der Waals surface area contributed by atoms with Gasteiger partial charge in [-0.25, -0.2) is 4.98 Å². The van der Waals surface area contributed by atoms with Gasteiger partial charge in [-0.2, -0.15) is 0 Å². The van der Waals surface area contributed by atoms with E-state index in [0.717, 1.165) is 66.8 Å². The molecule has 0 aliphatic rings. The lowest BCUT2D eigenvalue weighted by atomic mass is 9.99. The Labute approximate surface area is 349 Å². The molecule has 60 heavy (non-hydrogen) atoms. The smallest absolute Gasteiger partial charge is 0.227 e. The van der Waals surface area contributed by atoms with Crippen molar-refractivity contribution in [1.29, 1.82) is 0 Å². The van der Waals surface area contributed by atoms with E-state index in [1.54, 1.807) is 0 Å². The highest BCUT2D eigenvalue weighted by molar-refractivity contribution is 7.26. The zero-order valence-corrected chi connectivity index (χ0v) is 33.1. The fraction of sp³-hybridized carbons (Fsp3) is 0. The van der Waals surface area contributed by atoms with E-state index in [1.807, 2.05) is 47.7 Å². The highest BCUT2D eigenvalue weighted by Gasteiger charge is 2.19. The van der Waals surface area contributed by atoms with Crippen LogP contribution in [0.2, 0.25) is 0 Å². The SMILES string of the molecule is c1ccc(-c2nc3cc4c(cc3o2)oc2ccc(-c3ccc(N(c5ccc(-c6cccc7c6sc6ccccc67)cc5)c5ccccc5-c5ccccc5)cc3)cc24)cc1. The highest BCUT2D eigenvalue weighted by atomic mass is 32.1. The van der Waals surface area contributed by atoms with E-state index < -0.39 is 0 Å². The third-order valence-corrected chi connectivity index (χ3v) is 12.7. The van der Waals surface area contributed by atoms with Gasteiger partial charge in [-0.1, -0.05) is 133 Å². The monoisotopic (exact) mass is 786 g/mol. The van der Waals surface area contributed by atoms with Crippen molar-refractivity contribution >= 4 is 81.6 Å². The number of rotatable bonds is 7. The van der Waals surface area contributed by atoms with Crippen LogP contribution in [0.5, 0.6) is 0 Å². The van der Waals surface area contributed by atoms with Crippen molar-refractivity contribution in [2.45, 2.75) is 0 Å². The first-order valence-corrected chi connectivity index (χ1v) is 20.9. The summed E-state index contributed by atoms with van der Waals surface area (Å²) < 4.78 is 15.1. The lowest BCUT2D eigenvalue weighted by Crippen LogP contribution is -2.11. The van der Waals surface area contributed by atoms with Gasteiger partial charge in [-0.05, 0) is 94.5 Å². The van der Waals surface area contributed by atoms with Crippen LogP contribution in [0.3, 0.4) is 0 Å². The molecule has 0 bridgehead atoms. The van der Waals surface area contributed by atoms with E-state index in [9.17, 15) is 0 Å². The van der Waals surface area contributed by atoms with Crippen LogP contribution in [-0.2, 0) is 0 Å². The predicted molar refractivity (Wildman–Crippen MR) is 251 cm³/mol. The Morgan fingerprint density at radius 3 is 1.80 bits per heavy atom. The van der Waals surface area contributed by atoms with Crippen LogP contribution >= 0.6 is 11.3 Å². The topological polar surface area (TPSA) is 42.4 Å². The van der Waals surface area contributed by atoms with Crippen molar-refractivity contribution in [2.75, 3.05) is 4.90 Å². The summed E-state index contributed by atoms with van der Waals surface area (Å²) in [7, 11) is 0. The zero-order valence-electron chi connectivity index (χ0n) is 32.2. The van der Waals surface area contributed by atoms with Crippen LogP contribution in [0.15, 0.2) is 215 Å². The van der Waals surface area contributed by atoms with Gasteiger partial charge in [0.2, 0.25) is 5.89 Å². The molecule has 0 N–H and O–H groups in total. The van der Waals surface area contributed by atoms with Crippen molar-refractivity contribution in [3.05, 3.63) is 206 Å². The Balaban J connectivity index is 0.934. The van der Waals surface area contributed by atoms with Crippen molar-refractivity contribution in [2.24, 2.45) is 0 Å². The molecule has 0 fully saturated rings. The Kier molecular flexibility index (Phi) is 8.00. The van der Waals surface area contributed by atoms with Gasteiger partial charge in [-0.15, -0.1) is 11.3 Å². The van der Waals surface area contributed by atoms with Gasteiger partial charge >= 0.3 is 0 Å². The minimum absolute atomic E-state index is 0.601. The maximum atomic E-state index is 6.34. The average Bonchev–Trinajstić information content (AvgIpc) is 4.02. The summed E-state index contributed by atoms with van der Waals surface area (Å²) in [6.45, 7) is 0. The number of hydrogen-bond donors (Lipinski definition) is 0. The van der Waals surface area contributed by atoms with Gasteiger partial charge in [0.05, 0.1) is 5.69 Å². The molecule has 0 aliphatic carbocycles. The first-order valence-electron chi connectivity index (χ1n) is 20.1. The quantitative estimate of drug-likeness (QED) is 0.161. The second-order valence-corrected chi connectivity index (χ2v) is 16.2. The molecule has 12 rings (SSSR count). The molecule has 0 saturated carbocycles. The van der Waals surface area contributed by atoms with Gasteiger partial charge in [0.15, 0.2) is 5.58 Å². The second kappa shape index (κ2) is 14.0. The number of hydrogen-bond acceptors (Lipinski definition) is 5. The van der Waals surface area contributed by atoms with E-state index in [-0.39, 0.29) is 0 Å². The Hall–Kier alpha value is -7.73. The van der Waals surface area contributed by atoms with Crippen LogP contribution in [0.1, 0.15) is 0 Å². The minimum Gasteiger partial charge on any atom is -0.456 e. The van der Waals surface area contributed by atoms with Crippen molar-refractivity contribution < 1.29 is 8.83 Å². The van der Waals surface area contributed by atoms with E-state index in [2.05, 4.69) is 175 Å². The number of para-hydroxylation sites is 1. The maximum Gasteiger partial charge on any atom is 0.227 e. The lowest BCUT2D eigenvalue weighted by Gasteiger charge is -2.28. The number of thiophene rings is 1. The standard InChI is InChI=1S/C55H34N2O2S/c1-3-12-36(13-4-1)42-16-7-9-20-49(42)57(41-29-24-37(25-30-41)43-18-11-19-45-44-17-8-10-21-53(44)60-54(43)45)40-27-22-35(23-28-40)39-26-31-50-46(32-39)47-33-48-52(34-51(47)58-50)59-55(56-48)38-14-5-2-6-15-38/h1-34H. The van der Waals surface area contributed by atoms with Gasteiger partial charge in [0, 0.05) is 59.5 Å². The van der Waals surface area contributed by atoms with Crippen LogP contribution in [0.25, 0.3) is 98.0 Å². The first-order chi connectivity index (χ1) is 29.7. The Bertz CT molecular complexity index is 3530. The molecule has 0 radical (unpaired) electrons. The fourth-order valence-corrected chi connectivity index (χ4v) is 9.85. The molecule has 0 amide bonds. The van der Waals surface area contributed by atoms with Crippen LogP contribution in [-0.4, -0.2) is 4.98 Å². The summed E-state index contributed by atoms with van der Waals surface area (Å²) in [5.41, 5.74) is 14.3. The summed E-state index contributed by atoms with van der Waals surface area (Å²) >= 11 is 1.87. The maximum absolute atomic E-state index is 6.34. The largest absolute Gasteiger partial charge is 0.456 e. The fourth-order valence-electron chi connectivity index (χ4n) is 8.61. The summed E-state index contributed by atoms with van der Waals surface area (Å²) in [5, 5.41) is 4.68. The number of furan rings is 1. The Morgan fingerprint density at radius 1 is 0.383 bits per heavy atom. The molecule has 0 atom stereocenters. The summed E-state index contributed by atoms with van der Waals surface area (Å²) in [6, 6.07) is 73.0. The molecule has 0 unspecified atom stereocenters. The average molecular weight is 787 g/mol. The van der Waals surface area contributed by atoms with E-state index in [0.29, 0.717) is 11.5 Å². The molecule has 0 aliphatic heterocycles. The normalized spacial score (nSPS) is 11.7. The molecular weight excluding hydrogens is 753 g/mol. The van der Waals surface area contributed by atoms with E-state index in [1.165, 1.54) is 36.9 Å². The van der Waals surface area contributed by atoms with Crippen molar-refractivity contribution in [3.63, 3.8) is 0 Å². The zero-order chi connectivity index (χ0) is 39.6. The molecule has 5 heteroatoms. The van der Waals surface area contributed by atoms with Crippen LogP contribution < -0.4 is 4.90 Å². The van der Waals surface area contributed by atoms with Gasteiger partial charge < -0.3 is 13.7 Å². The van der Waals surface area contributed by atoms with Gasteiger partial charge in [0.25, 0.3) is 0 Å². The molecule has 4 nitrogen and oxygen atoms in total. The number of aromatic nitrogens is 1. The summed E-state index contributed by atoms with van der Waals surface area (Å²) in [6.07, 6.45) is 0. The number of benzene rings is 9. The molecule has 0 saturated heterocycles. The van der Waals surface area contributed by atoms with E-state index in [4.69, 9.17) is 13.8 Å². The lowest BCUT2D eigenvalue weighted by molar-refractivity contribution is 0.617. The molecule has 12 aromatic rings. The van der Waals surface area contributed by atoms with Gasteiger partial charge in [0.1, 0.15) is 16.7 Å². The number of fused-ring (bicyclic) bond motifs is 7. The summed E-state index contributed by atoms with van der Waals surface area (Å²) in [5.74, 6) is 0.601. The van der Waals surface area contributed by atoms with Crippen molar-refractivity contribution in [3.8, 4) is 44.8 Å². The third-order valence-electron chi connectivity index (χ3n) is 11.5. The Morgan fingerprint density at radius 2 is 1.00 bits per heavy atom. The molecular formula is C55H34N2O2S.